The van der Waals surface area contributed by atoms with E-state index >= 15 is 4.39 Å². The third-order valence-electron chi connectivity index (χ3n) is 7.35. The number of carbonyl (C=O) groups is 1. The minimum Gasteiger partial charge on any atom is -0.492 e. The van der Waals surface area contributed by atoms with Crippen LogP contribution in [0.4, 0.5) is 4.39 Å². The molecular formula is C32H31FN2O4. The normalized spacial score (nSPS) is 21.8. The molecule has 0 fully saturated rings. The number of hydrogen-bond acceptors (Lipinski definition) is 5. The van der Waals surface area contributed by atoms with Gasteiger partial charge in [-0.15, -0.1) is 0 Å². The first-order valence-corrected chi connectivity index (χ1v) is 13.1. The molecule has 2 aromatic carbocycles. The van der Waals surface area contributed by atoms with Crippen LogP contribution >= 0.6 is 0 Å². The molecule has 7 heteroatoms. The summed E-state index contributed by atoms with van der Waals surface area (Å²) in [6.07, 6.45) is 10.1. The second kappa shape index (κ2) is 11.2. The van der Waals surface area contributed by atoms with E-state index in [9.17, 15) is 4.79 Å². The van der Waals surface area contributed by atoms with E-state index in [4.69, 9.17) is 14.6 Å². The molecule has 1 N–H and O–H groups in total. The largest absolute Gasteiger partial charge is 0.492 e. The molecule has 1 aliphatic heterocycles. The van der Waals surface area contributed by atoms with E-state index in [0.29, 0.717) is 30.1 Å². The van der Waals surface area contributed by atoms with Crippen molar-refractivity contribution in [1.29, 1.82) is 0 Å². The molecule has 3 aromatic rings. The standard InChI is InChI=1S/C32H31FN2O4/c1-19-11-23(25-15-34-18-35-16-25)12-20(2)32(19)22-5-4-6-29(21(3)28(33)10-7-22)39-26-8-9-27-24(13-31(36)37)17-38-30(27)14-26/h7-12,14-16,18,24,29H,3-6,13,17H2,1-2H3,(H,36,37)/b22-7+,28-10+/t24-,29-/m1/s1. The van der Waals surface area contributed by atoms with Crippen LogP contribution in [-0.2, 0) is 4.79 Å². The number of carboxylic acids is 1. The number of ether oxygens (including phenoxy) is 2. The molecule has 0 spiro atoms. The molecule has 0 saturated heterocycles. The topological polar surface area (TPSA) is 81.5 Å². The SMILES string of the molecule is C=C1/C(F)=C\C=C(\c2c(C)cc(-c3cncnc3)cc2C)CCC[C@H]1Oc1ccc2c(c1)OC[C@H]2CC(=O)O. The van der Waals surface area contributed by atoms with Gasteiger partial charge < -0.3 is 14.6 Å². The Morgan fingerprint density at radius 3 is 2.59 bits per heavy atom. The van der Waals surface area contributed by atoms with Gasteiger partial charge in [0.25, 0.3) is 0 Å². The Labute approximate surface area is 227 Å². The zero-order chi connectivity index (χ0) is 27.5. The predicted molar refractivity (Wildman–Crippen MR) is 148 cm³/mol. The van der Waals surface area contributed by atoms with E-state index in [-0.39, 0.29) is 12.3 Å². The first kappa shape index (κ1) is 26.4. The maximum atomic E-state index is 15.3. The Kier molecular flexibility index (Phi) is 7.59. The van der Waals surface area contributed by atoms with Crippen LogP contribution in [0.5, 0.6) is 11.5 Å². The second-order valence-corrected chi connectivity index (χ2v) is 10.1. The Morgan fingerprint density at radius 2 is 1.87 bits per heavy atom. The number of nitrogens with zero attached hydrogens (tertiary/aromatic N) is 2. The molecule has 200 valence electrons. The minimum atomic E-state index is -0.860. The van der Waals surface area contributed by atoms with E-state index in [1.807, 2.05) is 12.1 Å². The Hall–Kier alpha value is -4.26. The number of hydrogen-bond donors (Lipinski definition) is 1. The lowest BCUT2D eigenvalue weighted by Crippen LogP contribution is -2.19. The fraction of sp³-hybridized carbons (Fsp3) is 0.281. The van der Waals surface area contributed by atoms with Crippen molar-refractivity contribution in [2.24, 2.45) is 0 Å². The van der Waals surface area contributed by atoms with Crippen LogP contribution in [0.1, 0.15) is 53.9 Å². The Bertz CT molecular complexity index is 1460. The van der Waals surface area contributed by atoms with Crippen molar-refractivity contribution in [3.05, 3.63) is 101 Å². The fourth-order valence-electron chi connectivity index (χ4n) is 5.47. The van der Waals surface area contributed by atoms with Crippen molar-refractivity contribution in [2.45, 2.75) is 51.6 Å². The number of halogens is 1. The molecule has 6 nitrogen and oxygen atoms in total. The Morgan fingerprint density at radius 1 is 1.13 bits per heavy atom. The van der Waals surface area contributed by atoms with Crippen LogP contribution in [0.3, 0.4) is 0 Å². The summed E-state index contributed by atoms with van der Waals surface area (Å²) >= 11 is 0. The molecule has 5 rings (SSSR count). The van der Waals surface area contributed by atoms with E-state index < -0.39 is 17.9 Å². The third kappa shape index (κ3) is 5.77. The van der Waals surface area contributed by atoms with Crippen LogP contribution in [-0.4, -0.2) is 33.8 Å². The van der Waals surface area contributed by atoms with Crippen molar-refractivity contribution in [3.8, 4) is 22.6 Å². The van der Waals surface area contributed by atoms with Gasteiger partial charge >= 0.3 is 5.97 Å². The lowest BCUT2D eigenvalue weighted by molar-refractivity contribution is -0.137. The third-order valence-corrected chi connectivity index (χ3v) is 7.35. The van der Waals surface area contributed by atoms with Gasteiger partial charge in [0.2, 0.25) is 0 Å². The molecule has 2 atom stereocenters. The molecular weight excluding hydrogens is 495 g/mol. The van der Waals surface area contributed by atoms with Gasteiger partial charge in [-0.3, -0.25) is 4.79 Å². The molecule has 2 aliphatic rings. The quantitative estimate of drug-likeness (QED) is 0.368. The molecule has 1 aliphatic carbocycles. The lowest BCUT2D eigenvalue weighted by atomic mass is 9.89. The average molecular weight is 527 g/mol. The summed E-state index contributed by atoms with van der Waals surface area (Å²) in [5, 5.41) is 9.14. The summed E-state index contributed by atoms with van der Waals surface area (Å²) in [5.41, 5.74) is 7.57. The minimum absolute atomic E-state index is 0.0142. The number of benzene rings is 2. The smallest absolute Gasteiger partial charge is 0.304 e. The summed E-state index contributed by atoms with van der Waals surface area (Å²) in [5.74, 6) is -0.293. The van der Waals surface area contributed by atoms with Crippen LogP contribution in [0.2, 0.25) is 0 Å². The monoisotopic (exact) mass is 526 g/mol. The van der Waals surface area contributed by atoms with Crippen molar-refractivity contribution >= 4 is 11.5 Å². The molecule has 0 saturated carbocycles. The molecule has 0 bridgehead atoms. The summed E-state index contributed by atoms with van der Waals surface area (Å²) in [4.78, 5) is 19.4. The first-order chi connectivity index (χ1) is 18.8. The number of rotatable bonds is 6. The highest BCUT2D eigenvalue weighted by Crippen LogP contribution is 2.39. The fourth-order valence-corrected chi connectivity index (χ4v) is 5.47. The van der Waals surface area contributed by atoms with Crippen molar-refractivity contribution in [3.63, 3.8) is 0 Å². The summed E-state index contributed by atoms with van der Waals surface area (Å²) in [6, 6.07) is 9.63. The molecule has 1 aromatic heterocycles. The van der Waals surface area contributed by atoms with Gasteiger partial charge in [-0.05, 0) is 73.1 Å². The second-order valence-electron chi connectivity index (χ2n) is 10.1. The van der Waals surface area contributed by atoms with E-state index in [0.717, 1.165) is 51.8 Å². The van der Waals surface area contributed by atoms with Gasteiger partial charge in [0.05, 0.1) is 13.0 Å². The average Bonchev–Trinajstić information content (AvgIpc) is 3.32. The number of aromatic nitrogens is 2. The number of aliphatic carboxylic acids is 1. The molecule has 0 unspecified atom stereocenters. The summed E-state index contributed by atoms with van der Waals surface area (Å²) in [7, 11) is 0. The van der Waals surface area contributed by atoms with E-state index in [2.05, 4.69) is 42.5 Å². The Balaban J connectivity index is 1.33. The van der Waals surface area contributed by atoms with Crippen LogP contribution < -0.4 is 9.47 Å². The van der Waals surface area contributed by atoms with Crippen molar-refractivity contribution < 1.29 is 23.8 Å². The van der Waals surface area contributed by atoms with Gasteiger partial charge in [-0.2, -0.15) is 0 Å². The predicted octanol–water partition coefficient (Wildman–Crippen LogP) is 7.14. The van der Waals surface area contributed by atoms with Gasteiger partial charge in [0, 0.05) is 41.1 Å². The van der Waals surface area contributed by atoms with Crippen LogP contribution in [0.15, 0.2) is 79.2 Å². The van der Waals surface area contributed by atoms with Gasteiger partial charge in [-0.1, -0.05) is 30.9 Å². The molecule has 2 heterocycles. The maximum Gasteiger partial charge on any atom is 0.304 e. The number of allylic oxidation sites excluding steroid dienone is 3. The van der Waals surface area contributed by atoms with Gasteiger partial charge in [0.1, 0.15) is 29.8 Å². The van der Waals surface area contributed by atoms with Gasteiger partial charge in [0.15, 0.2) is 0 Å². The van der Waals surface area contributed by atoms with Crippen molar-refractivity contribution in [1.82, 2.24) is 9.97 Å². The van der Waals surface area contributed by atoms with E-state index in [1.165, 1.54) is 12.4 Å². The van der Waals surface area contributed by atoms with E-state index in [1.54, 1.807) is 24.5 Å². The number of fused-ring (bicyclic) bond motifs is 1. The van der Waals surface area contributed by atoms with Crippen molar-refractivity contribution in [2.75, 3.05) is 6.61 Å². The number of carboxylic acid groups (broad SMARTS) is 1. The van der Waals surface area contributed by atoms with Gasteiger partial charge in [-0.25, -0.2) is 14.4 Å². The maximum absolute atomic E-state index is 15.3. The highest BCUT2D eigenvalue weighted by molar-refractivity contribution is 5.76. The van der Waals surface area contributed by atoms with Crippen LogP contribution in [0, 0.1) is 13.8 Å². The molecule has 0 amide bonds. The summed E-state index contributed by atoms with van der Waals surface area (Å²) in [6.45, 7) is 8.48. The molecule has 0 radical (unpaired) electrons. The highest BCUT2D eigenvalue weighted by Gasteiger charge is 2.28. The van der Waals surface area contributed by atoms with Crippen LogP contribution in [0.25, 0.3) is 16.7 Å². The first-order valence-electron chi connectivity index (χ1n) is 13.1. The zero-order valence-corrected chi connectivity index (χ0v) is 22.1. The lowest BCUT2D eigenvalue weighted by Gasteiger charge is -2.21. The molecule has 39 heavy (non-hydrogen) atoms. The summed E-state index contributed by atoms with van der Waals surface area (Å²) < 4.78 is 27.2. The number of aryl methyl sites for hydroxylation is 2. The zero-order valence-electron chi connectivity index (χ0n) is 22.1. The highest BCUT2D eigenvalue weighted by atomic mass is 19.1.